The summed E-state index contributed by atoms with van der Waals surface area (Å²) in [7, 11) is 0. The number of carbonyl (C=O) groups is 2. The lowest BCUT2D eigenvalue weighted by molar-refractivity contribution is -0.192. The number of nitrogens with two attached hydrogens (primary N) is 1. The Morgan fingerprint density at radius 3 is 2.04 bits per heavy atom. The van der Waals surface area contributed by atoms with Gasteiger partial charge in [-0.2, -0.15) is 0 Å². The quantitative estimate of drug-likeness (QED) is 0.827. The Morgan fingerprint density at radius 1 is 0.958 bits per heavy atom. The lowest BCUT2D eigenvalue weighted by Gasteiger charge is -2.36. The Bertz CT molecular complexity index is 712. The van der Waals surface area contributed by atoms with Crippen molar-refractivity contribution in [3.05, 3.63) is 71.8 Å². The van der Waals surface area contributed by atoms with Gasteiger partial charge in [0, 0.05) is 5.56 Å². The summed E-state index contributed by atoms with van der Waals surface area (Å²) in [5, 5.41) is 2.65. The number of nitrogens with one attached hydrogen (secondary N) is 1. The lowest BCUT2D eigenvalue weighted by Crippen LogP contribution is -2.48. The summed E-state index contributed by atoms with van der Waals surface area (Å²) < 4.78 is 11.9. The van der Waals surface area contributed by atoms with Crippen LogP contribution in [-0.4, -0.2) is 25.0 Å². The maximum atomic E-state index is 12.0. The monoisotopic (exact) mass is 326 g/mol. The number of rotatable bonds is 4. The summed E-state index contributed by atoms with van der Waals surface area (Å²) in [6.45, 7) is 0.759. The van der Waals surface area contributed by atoms with E-state index in [0.29, 0.717) is 13.2 Å². The highest BCUT2D eigenvalue weighted by molar-refractivity contribution is 6.34. The van der Waals surface area contributed by atoms with Crippen LogP contribution in [0.25, 0.3) is 0 Å². The van der Waals surface area contributed by atoms with Crippen molar-refractivity contribution in [2.45, 2.75) is 11.8 Å². The minimum atomic E-state index is -1.21. The zero-order valence-corrected chi connectivity index (χ0v) is 13.0. The number of hydrogen-bond donors (Lipinski definition) is 2. The predicted octanol–water partition coefficient (Wildman–Crippen LogP) is 1.23. The summed E-state index contributed by atoms with van der Waals surface area (Å²) in [6, 6.07) is 17.8. The second-order valence-corrected chi connectivity index (χ2v) is 5.41. The van der Waals surface area contributed by atoms with Gasteiger partial charge in [0.25, 0.3) is 0 Å². The van der Waals surface area contributed by atoms with E-state index in [9.17, 15) is 9.59 Å². The van der Waals surface area contributed by atoms with Crippen LogP contribution in [0.4, 0.5) is 0 Å². The standard InChI is InChI=1S/C18H18N2O4/c19-16(21)17(22)20-15(13-7-3-1-4-8-13)18(23-11-12-24-18)14-9-5-2-6-10-14/h1-10,15H,11-12H2,(H2,19,21)(H,20,22). The number of carbonyl (C=O) groups excluding carboxylic acids is 2. The Morgan fingerprint density at radius 2 is 1.50 bits per heavy atom. The molecular formula is C18H18N2O4. The highest BCUT2D eigenvalue weighted by atomic mass is 16.7. The molecule has 3 N–H and O–H groups in total. The third-order valence-corrected chi connectivity index (χ3v) is 3.90. The molecule has 2 amide bonds. The number of hydrogen-bond acceptors (Lipinski definition) is 4. The van der Waals surface area contributed by atoms with Gasteiger partial charge in [0.1, 0.15) is 6.04 Å². The lowest BCUT2D eigenvalue weighted by atomic mass is 9.91. The van der Waals surface area contributed by atoms with Crippen molar-refractivity contribution in [2.24, 2.45) is 5.73 Å². The number of benzene rings is 2. The van der Waals surface area contributed by atoms with Crippen molar-refractivity contribution >= 4 is 11.8 Å². The molecule has 6 heteroatoms. The van der Waals surface area contributed by atoms with Crippen LogP contribution < -0.4 is 11.1 Å². The van der Waals surface area contributed by atoms with Crippen molar-refractivity contribution in [2.75, 3.05) is 13.2 Å². The number of primary amides is 1. The molecule has 1 saturated heterocycles. The van der Waals surface area contributed by atoms with E-state index in [1.54, 1.807) is 0 Å². The highest BCUT2D eigenvalue weighted by Gasteiger charge is 2.48. The fourth-order valence-electron chi connectivity index (χ4n) is 2.84. The number of ether oxygens (including phenoxy) is 2. The van der Waals surface area contributed by atoms with E-state index >= 15 is 0 Å². The molecule has 1 aliphatic heterocycles. The van der Waals surface area contributed by atoms with Gasteiger partial charge in [-0.25, -0.2) is 0 Å². The molecule has 1 heterocycles. The molecule has 1 fully saturated rings. The van der Waals surface area contributed by atoms with Gasteiger partial charge < -0.3 is 20.5 Å². The first-order chi connectivity index (χ1) is 11.6. The van der Waals surface area contributed by atoms with E-state index in [1.807, 2.05) is 60.7 Å². The minimum Gasteiger partial charge on any atom is -0.361 e. The molecule has 124 valence electrons. The molecule has 0 aliphatic carbocycles. The Labute approximate surface area is 139 Å². The maximum Gasteiger partial charge on any atom is 0.309 e. The molecule has 1 aliphatic rings. The average molecular weight is 326 g/mol. The average Bonchev–Trinajstić information content (AvgIpc) is 3.11. The molecule has 0 spiro atoms. The largest absolute Gasteiger partial charge is 0.361 e. The third-order valence-electron chi connectivity index (χ3n) is 3.90. The van der Waals surface area contributed by atoms with Crippen LogP contribution >= 0.6 is 0 Å². The third kappa shape index (κ3) is 3.02. The van der Waals surface area contributed by atoms with Gasteiger partial charge in [-0.1, -0.05) is 60.7 Å². The van der Waals surface area contributed by atoms with Gasteiger partial charge in [-0.3, -0.25) is 9.59 Å². The van der Waals surface area contributed by atoms with Crippen molar-refractivity contribution in [3.8, 4) is 0 Å². The van der Waals surface area contributed by atoms with Gasteiger partial charge in [0.05, 0.1) is 13.2 Å². The second-order valence-electron chi connectivity index (χ2n) is 5.41. The van der Waals surface area contributed by atoms with E-state index in [-0.39, 0.29) is 0 Å². The minimum absolute atomic E-state index is 0.380. The summed E-state index contributed by atoms with van der Waals surface area (Å²) in [6.07, 6.45) is 0. The molecule has 0 bridgehead atoms. The number of amides is 2. The van der Waals surface area contributed by atoms with Crippen molar-refractivity contribution in [1.82, 2.24) is 5.32 Å². The summed E-state index contributed by atoms with van der Waals surface area (Å²) in [5.74, 6) is -3.16. The molecule has 2 aromatic carbocycles. The van der Waals surface area contributed by atoms with E-state index in [4.69, 9.17) is 15.2 Å². The zero-order chi connectivity index (χ0) is 17.0. The molecule has 0 aromatic heterocycles. The van der Waals surface area contributed by atoms with Crippen LogP contribution in [0.2, 0.25) is 0 Å². The Kier molecular flexibility index (Phi) is 4.59. The van der Waals surface area contributed by atoms with Gasteiger partial charge in [-0.05, 0) is 5.56 Å². The first kappa shape index (κ1) is 16.2. The summed E-state index contributed by atoms with van der Waals surface area (Å²) in [5.41, 5.74) is 6.61. The first-order valence-corrected chi connectivity index (χ1v) is 7.62. The molecule has 3 rings (SSSR count). The van der Waals surface area contributed by atoms with Crippen LogP contribution in [0.5, 0.6) is 0 Å². The molecule has 1 unspecified atom stereocenters. The summed E-state index contributed by atoms with van der Waals surface area (Å²) in [4.78, 5) is 23.2. The molecule has 1 atom stereocenters. The fraction of sp³-hybridized carbons (Fsp3) is 0.222. The van der Waals surface area contributed by atoms with Gasteiger partial charge in [0.15, 0.2) is 0 Å². The van der Waals surface area contributed by atoms with Crippen molar-refractivity contribution in [3.63, 3.8) is 0 Å². The molecule has 24 heavy (non-hydrogen) atoms. The van der Waals surface area contributed by atoms with Crippen LogP contribution in [0.15, 0.2) is 60.7 Å². The molecule has 2 aromatic rings. The molecular weight excluding hydrogens is 308 g/mol. The van der Waals surface area contributed by atoms with Crippen molar-refractivity contribution < 1.29 is 19.1 Å². The Balaban J connectivity index is 2.08. The van der Waals surface area contributed by atoms with Gasteiger partial charge in [-0.15, -0.1) is 0 Å². The van der Waals surface area contributed by atoms with E-state index in [0.717, 1.165) is 11.1 Å². The summed E-state index contributed by atoms with van der Waals surface area (Å²) >= 11 is 0. The predicted molar refractivity (Wildman–Crippen MR) is 86.5 cm³/mol. The molecule has 0 radical (unpaired) electrons. The normalized spacial score (nSPS) is 17.2. The van der Waals surface area contributed by atoms with Crippen LogP contribution in [0.3, 0.4) is 0 Å². The Hall–Kier alpha value is -2.70. The van der Waals surface area contributed by atoms with E-state index < -0.39 is 23.6 Å². The molecule has 6 nitrogen and oxygen atoms in total. The van der Waals surface area contributed by atoms with Gasteiger partial charge in [0.2, 0.25) is 5.79 Å². The van der Waals surface area contributed by atoms with Crippen LogP contribution in [0, 0.1) is 0 Å². The van der Waals surface area contributed by atoms with Crippen LogP contribution in [0.1, 0.15) is 17.2 Å². The van der Waals surface area contributed by atoms with E-state index in [2.05, 4.69) is 5.32 Å². The maximum absolute atomic E-state index is 12.0. The molecule has 0 saturated carbocycles. The fourth-order valence-corrected chi connectivity index (χ4v) is 2.84. The zero-order valence-electron chi connectivity index (χ0n) is 13.0. The smallest absolute Gasteiger partial charge is 0.309 e. The SMILES string of the molecule is NC(=O)C(=O)NC(c1ccccc1)C1(c2ccccc2)OCCO1. The highest BCUT2D eigenvalue weighted by Crippen LogP contribution is 2.42. The second kappa shape index (κ2) is 6.82. The first-order valence-electron chi connectivity index (χ1n) is 7.62. The van der Waals surface area contributed by atoms with Gasteiger partial charge >= 0.3 is 11.8 Å². The van der Waals surface area contributed by atoms with Crippen LogP contribution in [-0.2, 0) is 24.8 Å². The van der Waals surface area contributed by atoms with E-state index in [1.165, 1.54) is 0 Å². The topological polar surface area (TPSA) is 90.7 Å². The van der Waals surface area contributed by atoms with Crippen molar-refractivity contribution in [1.29, 1.82) is 0 Å².